The quantitative estimate of drug-likeness (QED) is 0.690. The Morgan fingerprint density at radius 3 is 2.30 bits per heavy atom. The van der Waals surface area contributed by atoms with Gasteiger partial charge in [0.2, 0.25) is 0 Å². The molecule has 0 aliphatic rings. The third-order valence-corrected chi connectivity index (χ3v) is 3.79. The molecule has 0 spiro atoms. The predicted molar refractivity (Wildman–Crippen MR) is 86.3 cm³/mol. The normalized spacial score (nSPS) is 12.8. The van der Waals surface area contributed by atoms with Gasteiger partial charge in [-0.05, 0) is 63.1 Å². The Labute approximate surface area is 124 Å². The maximum Gasteiger partial charge on any atom is 0.115 e. The van der Waals surface area contributed by atoms with Crippen LogP contribution >= 0.6 is 0 Å². The third-order valence-electron chi connectivity index (χ3n) is 3.79. The minimum Gasteiger partial charge on any atom is -0.508 e. The average molecular weight is 278 g/mol. The Kier molecular flexibility index (Phi) is 8.31. The molecule has 0 heterocycles. The van der Waals surface area contributed by atoms with E-state index in [9.17, 15) is 5.11 Å². The van der Waals surface area contributed by atoms with E-state index < -0.39 is 0 Å². The van der Waals surface area contributed by atoms with E-state index >= 15 is 0 Å². The summed E-state index contributed by atoms with van der Waals surface area (Å²) in [7, 11) is 0. The van der Waals surface area contributed by atoms with E-state index in [-0.39, 0.29) is 0 Å². The summed E-state index contributed by atoms with van der Waals surface area (Å²) in [5.41, 5.74) is 1.29. The van der Waals surface area contributed by atoms with Crippen LogP contribution in [0.1, 0.15) is 39.2 Å². The fraction of sp³-hybridized carbons (Fsp3) is 0.647. The van der Waals surface area contributed by atoms with Gasteiger partial charge in [-0.3, -0.25) is 0 Å². The van der Waals surface area contributed by atoms with Gasteiger partial charge in [0.1, 0.15) is 5.75 Å². The molecule has 114 valence electrons. The van der Waals surface area contributed by atoms with Gasteiger partial charge < -0.3 is 15.3 Å². The molecule has 0 aromatic heterocycles. The van der Waals surface area contributed by atoms with Gasteiger partial charge in [0, 0.05) is 6.04 Å². The van der Waals surface area contributed by atoms with E-state index in [2.05, 4.69) is 31.0 Å². The van der Waals surface area contributed by atoms with Gasteiger partial charge in [-0.25, -0.2) is 0 Å². The lowest BCUT2D eigenvalue weighted by molar-refractivity contribution is 0.280. The van der Waals surface area contributed by atoms with Crippen LogP contribution in [-0.4, -0.2) is 42.2 Å². The first-order valence-electron chi connectivity index (χ1n) is 7.93. The molecule has 0 bridgehead atoms. The maximum atomic E-state index is 9.35. The fourth-order valence-corrected chi connectivity index (χ4v) is 2.42. The van der Waals surface area contributed by atoms with Gasteiger partial charge in [-0.15, -0.1) is 0 Å². The highest BCUT2D eigenvalue weighted by molar-refractivity contribution is 5.26. The maximum absolute atomic E-state index is 9.35. The number of hydrogen-bond acceptors (Lipinski definition) is 3. The highest BCUT2D eigenvalue weighted by Crippen LogP contribution is 2.12. The molecular weight excluding hydrogens is 248 g/mol. The van der Waals surface area contributed by atoms with Gasteiger partial charge in [-0.1, -0.05) is 32.9 Å². The van der Waals surface area contributed by atoms with Gasteiger partial charge in [-0.2, -0.15) is 0 Å². The highest BCUT2D eigenvalue weighted by Gasteiger charge is 2.10. The standard InChI is InChI=1S/C17H30N2O/c1-4-12-18-16(11-13-19(5-2)6-3)14-15-7-9-17(20)10-8-15/h7-10,16,18,20H,4-6,11-14H2,1-3H3. The molecule has 0 saturated heterocycles. The van der Waals surface area contributed by atoms with Crippen LogP contribution in [0.15, 0.2) is 24.3 Å². The first-order chi connectivity index (χ1) is 9.69. The summed E-state index contributed by atoms with van der Waals surface area (Å²) < 4.78 is 0. The number of phenols is 1. The molecule has 0 amide bonds. The second-order valence-corrected chi connectivity index (χ2v) is 5.34. The predicted octanol–water partition coefficient (Wildman–Crippen LogP) is 3.03. The highest BCUT2D eigenvalue weighted by atomic mass is 16.3. The van der Waals surface area contributed by atoms with Gasteiger partial charge >= 0.3 is 0 Å². The molecule has 0 radical (unpaired) electrons. The molecule has 0 aliphatic heterocycles. The molecule has 3 nitrogen and oxygen atoms in total. The summed E-state index contributed by atoms with van der Waals surface area (Å²) in [6.07, 6.45) is 3.36. The van der Waals surface area contributed by atoms with Crippen molar-refractivity contribution >= 4 is 0 Å². The molecule has 1 aromatic rings. The van der Waals surface area contributed by atoms with E-state index in [4.69, 9.17) is 0 Å². The summed E-state index contributed by atoms with van der Waals surface area (Å²) in [4.78, 5) is 2.47. The lowest BCUT2D eigenvalue weighted by Gasteiger charge is -2.23. The Bertz CT molecular complexity index is 347. The first kappa shape index (κ1) is 17.0. The van der Waals surface area contributed by atoms with Crippen LogP contribution in [0.3, 0.4) is 0 Å². The van der Waals surface area contributed by atoms with Crippen molar-refractivity contribution in [3.63, 3.8) is 0 Å². The molecular formula is C17H30N2O. The van der Waals surface area contributed by atoms with Crippen molar-refractivity contribution in [2.45, 2.75) is 46.1 Å². The lowest BCUT2D eigenvalue weighted by Crippen LogP contribution is -2.36. The van der Waals surface area contributed by atoms with E-state index in [0.717, 1.165) is 39.0 Å². The van der Waals surface area contributed by atoms with Crippen LogP contribution in [0.4, 0.5) is 0 Å². The summed E-state index contributed by atoms with van der Waals surface area (Å²) in [5, 5.41) is 13.0. The number of aromatic hydroxyl groups is 1. The molecule has 1 atom stereocenters. The minimum absolute atomic E-state index is 0.343. The Morgan fingerprint density at radius 2 is 1.75 bits per heavy atom. The van der Waals surface area contributed by atoms with Crippen LogP contribution in [0.5, 0.6) is 5.75 Å². The summed E-state index contributed by atoms with van der Waals surface area (Å²) in [5.74, 6) is 0.343. The zero-order valence-corrected chi connectivity index (χ0v) is 13.2. The van der Waals surface area contributed by atoms with Crippen LogP contribution in [0.2, 0.25) is 0 Å². The third kappa shape index (κ3) is 6.40. The molecule has 1 rings (SSSR count). The van der Waals surface area contributed by atoms with Gasteiger partial charge in [0.15, 0.2) is 0 Å². The zero-order chi connectivity index (χ0) is 14.8. The van der Waals surface area contributed by atoms with E-state index in [1.54, 1.807) is 12.1 Å². The molecule has 1 unspecified atom stereocenters. The number of benzene rings is 1. The van der Waals surface area contributed by atoms with Crippen LogP contribution in [0, 0.1) is 0 Å². The van der Waals surface area contributed by atoms with Gasteiger partial charge in [0.05, 0.1) is 0 Å². The minimum atomic E-state index is 0.343. The lowest BCUT2D eigenvalue weighted by atomic mass is 10.0. The molecule has 0 saturated carbocycles. The molecule has 20 heavy (non-hydrogen) atoms. The average Bonchev–Trinajstić information content (AvgIpc) is 2.47. The summed E-state index contributed by atoms with van der Waals surface area (Å²) in [6.45, 7) is 11.1. The van der Waals surface area contributed by atoms with Crippen molar-refractivity contribution in [2.75, 3.05) is 26.2 Å². The van der Waals surface area contributed by atoms with Crippen molar-refractivity contribution in [1.82, 2.24) is 10.2 Å². The summed E-state index contributed by atoms with van der Waals surface area (Å²) in [6, 6.07) is 8.11. The number of hydrogen-bond donors (Lipinski definition) is 2. The molecule has 1 aromatic carbocycles. The van der Waals surface area contributed by atoms with Crippen molar-refractivity contribution < 1.29 is 5.11 Å². The van der Waals surface area contributed by atoms with E-state index in [1.165, 1.54) is 12.0 Å². The van der Waals surface area contributed by atoms with E-state index in [1.807, 2.05) is 12.1 Å². The van der Waals surface area contributed by atoms with Crippen molar-refractivity contribution in [3.8, 4) is 5.75 Å². The van der Waals surface area contributed by atoms with Crippen LogP contribution in [-0.2, 0) is 6.42 Å². The second kappa shape index (κ2) is 9.78. The monoisotopic (exact) mass is 278 g/mol. The summed E-state index contributed by atoms with van der Waals surface area (Å²) >= 11 is 0. The van der Waals surface area contributed by atoms with Gasteiger partial charge in [0.25, 0.3) is 0 Å². The molecule has 2 N–H and O–H groups in total. The molecule has 0 aliphatic carbocycles. The number of nitrogens with zero attached hydrogens (tertiary/aromatic N) is 1. The second-order valence-electron chi connectivity index (χ2n) is 5.34. The zero-order valence-electron chi connectivity index (χ0n) is 13.2. The molecule has 3 heteroatoms. The van der Waals surface area contributed by atoms with Crippen LogP contribution in [0.25, 0.3) is 0 Å². The van der Waals surface area contributed by atoms with E-state index in [0.29, 0.717) is 11.8 Å². The number of nitrogens with one attached hydrogen (secondary N) is 1. The van der Waals surface area contributed by atoms with Crippen molar-refractivity contribution in [2.24, 2.45) is 0 Å². The topological polar surface area (TPSA) is 35.5 Å². The first-order valence-corrected chi connectivity index (χ1v) is 7.93. The SMILES string of the molecule is CCCNC(CCN(CC)CC)Cc1ccc(O)cc1. The fourth-order valence-electron chi connectivity index (χ4n) is 2.42. The van der Waals surface area contributed by atoms with Crippen molar-refractivity contribution in [3.05, 3.63) is 29.8 Å². The Balaban J connectivity index is 2.52. The van der Waals surface area contributed by atoms with Crippen LogP contribution < -0.4 is 5.32 Å². The number of rotatable bonds is 10. The largest absolute Gasteiger partial charge is 0.508 e. The Morgan fingerprint density at radius 1 is 1.10 bits per heavy atom. The number of phenolic OH excluding ortho intramolecular Hbond substituents is 1. The Hall–Kier alpha value is -1.06. The molecule has 0 fully saturated rings. The van der Waals surface area contributed by atoms with Crippen molar-refractivity contribution in [1.29, 1.82) is 0 Å². The smallest absolute Gasteiger partial charge is 0.115 e.